The summed E-state index contributed by atoms with van der Waals surface area (Å²) in [5.41, 5.74) is 0. The minimum Gasteiger partial charge on any atom is -0.396 e. The van der Waals surface area contributed by atoms with E-state index in [0.717, 1.165) is 13.0 Å². The van der Waals surface area contributed by atoms with Gasteiger partial charge in [-0.3, -0.25) is 4.79 Å². The van der Waals surface area contributed by atoms with Crippen molar-refractivity contribution in [2.24, 2.45) is 11.8 Å². The summed E-state index contributed by atoms with van der Waals surface area (Å²) < 4.78 is 0. The lowest BCUT2D eigenvalue weighted by Crippen LogP contribution is -2.34. The summed E-state index contributed by atoms with van der Waals surface area (Å²) in [6.45, 7) is 3.47. The molecule has 1 aliphatic heterocycles. The molecule has 1 aliphatic rings. The molecule has 1 fully saturated rings. The fourth-order valence-electron chi connectivity index (χ4n) is 1.56. The van der Waals surface area contributed by atoms with Crippen LogP contribution in [0.1, 0.15) is 13.3 Å². The Morgan fingerprint density at radius 3 is 2.92 bits per heavy atom. The number of carbonyl (C=O) groups is 1. The van der Waals surface area contributed by atoms with Gasteiger partial charge in [-0.2, -0.15) is 0 Å². The maximum Gasteiger partial charge on any atom is 0.226 e. The van der Waals surface area contributed by atoms with Gasteiger partial charge in [0.1, 0.15) is 0 Å². The molecule has 1 rings (SSSR count). The van der Waals surface area contributed by atoms with Gasteiger partial charge in [0.25, 0.3) is 0 Å². The molecule has 1 amide bonds. The molecule has 4 heteroatoms. The van der Waals surface area contributed by atoms with Crippen molar-refractivity contribution in [3.8, 4) is 0 Å². The smallest absolute Gasteiger partial charge is 0.226 e. The number of hydrogen-bond donors (Lipinski definition) is 1. The molecule has 3 nitrogen and oxygen atoms in total. The highest BCUT2D eigenvalue weighted by molar-refractivity contribution is 6.19. The molecule has 76 valence electrons. The lowest BCUT2D eigenvalue weighted by atomic mass is 10.1. The van der Waals surface area contributed by atoms with E-state index in [4.69, 9.17) is 16.7 Å². The van der Waals surface area contributed by atoms with Gasteiger partial charge in [0.05, 0.1) is 0 Å². The number of carbonyl (C=O) groups excluding carboxylic acids is 1. The van der Waals surface area contributed by atoms with E-state index in [0.29, 0.717) is 12.4 Å². The summed E-state index contributed by atoms with van der Waals surface area (Å²) in [6.07, 6.45) is 0.914. The van der Waals surface area contributed by atoms with Crippen LogP contribution in [0.2, 0.25) is 0 Å². The lowest BCUT2D eigenvalue weighted by Gasteiger charge is -2.19. The molecule has 0 aromatic carbocycles. The third-order valence-electron chi connectivity index (χ3n) is 2.51. The number of halogens is 1. The molecule has 1 saturated heterocycles. The minimum atomic E-state index is -0.0980. The van der Waals surface area contributed by atoms with Gasteiger partial charge in [0.2, 0.25) is 5.91 Å². The maximum atomic E-state index is 11.6. The van der Waals surface area contributed by atoms with E-state index in [1.54, 1.807) is 4.90 Å². The Morgan fingerprint density at radius 1 is 1.77 bits per heavy atom. The Bertz CT molecular complexity index is 186. The number of aliphatic hydroxyl groups is 1. The summed E-state index contributed by atoms with van der Waals surface area (Å²) >= 11 is 5.60. The van der Waals surface area contributed by atoms with Gasteiger partial charge < -0.3 is 10.0 Å². The molecule has 0 radical (unpaired) electrons. The van der Waals surface area contributed by atoms with Crippen LogP contribution in [-0.4, -0.2) is 41.5 Å². The first-order valence-corrected chi connectivity index (χ1v) is 5.18. The molecular formula is C9H16ClNO2. The largest absolute Gasteiger partial charge is 0.396 e. The minimum absolute atomic E-state index is 0.0980. The number of alkyl halides is 1. The maximum absolute atomic E-state index is 11.6. The summed E-state index contributed by atoms with van der Waals surface area (Å²) in [5, 5.41) is 8.90. The predicted octanol–water partition coefficient (Wildman–Crippen LogP) is 0.702. The Kier molecular flexibility index (Phi) is 4.00. The molecular weight excluding hydrogens is 190 g/mol. The first kappa shape index (κ1) is 10.8. The van der Waals surface area contributed by atoms with E-state index in [-0.39, 0.29) is 24.3 Å². The molecule has 0 aromatic rings. The number of amides is 1. The van der Waals surface area contributed by atoms with Crippen LogP contribution in [0.3, 0.4) is 0 Å². The van der Waals surface area contributed by atoms with E-state index in [1.807, 2.05) is 6.92 Å². The van der Waals surface area contributed by atoms with Crippen LogP contribution in [0, 0.1) is 11.8 Å². The summed E-state index contributed by atoms with van der Waals surface area (Å²) in [5.74, 6) is 0.663. The molecule has 2 atom stereocenters. The second-order valence-electron chi connectivity index (χ2n) is 3.68. The zero-order valence-corrected chi connectivity index (χ0v) is 8.63. The van der Waals surface area contributed by atoms with E-state index in [1.165, 1.54) is 0 Å². The number of hydrogen-bond acceptors (Lipinski definition) is 2. The topological polar surface area (TPSA) is 40.5 Å². The average Bonchev–Trinajstić information content (AvgIpc) is 2.63. The first-order chi connectivity index (χ1) is 6.19. The van der Waals surface area contributed by atoms with Crippen LogP contribution in [0.5, 0.6) is 0 Å². The van der Waals surface area contributed by atoms with Crippen LogP contribution in [0.4, 0.5) is 0 Å². The van der Waals surface area contributed by atoms with Crippen molar-refractivity contribution in [1.82, 2.24) is 4.90 Å². The van der Waals surface area contributed by atoms with Crippen molar-refractivity contribution in [3.63, 3.8) is 0 Å². The average molecular weight is 206 g/mol. The van der Waals surface area contributed by atoms with E-state index >= 15 is 0 Å². The molecule has 0 spiro atoms. The van der Waals surface area contributed by atoms with Gasteiger partial charge in [0, 0.05) is 37.4 Å². The van der Waals surface area contributed by atoms with Crippen molar-refractivity contribution in [1.29, 1.82) is 0 Å². The highest BCUT2D eigenvalue weighted by atomic mass is 35.5. The van der Waals surface area contributed by atoms with Crippen LogP contribution >= 0.6 is 11.6 Å². The summed E-state index contributed by atoms with van der Waals surface area (Å²) in [7, 11) is 0. The molecule has 0 saturated carbocycles. The van der Waals surface area contributed by atoms with E-state index < -0.39 is 0 Å². The molecule has 0 aromatic heterocycles. The van der Waals surface area contributed by atoms with Gasteiger partial charge in [-0.15, -0.1) is 11.6 Å². The predicted molar refractivity (Wildman–Crippen MR) is 51.7 cm³/mol. The van der Waals surface area contributed by atoms with Crippen molar-refractivity contribution < 1.29 is 9.90 Å². The highest BCUT2D eigenvalue weighted by Gasteiger charge is 2.27. The standard InChI is InChI=1S/C9H16ClNO2/c1-7(4-10)9(13)11-3-2-8(5-11)6-12/h7-8,12H,2-6H2,1H3. The second-order valence-corrected chi connectivity index (χ2v) is 3.99. The zero-order valence-electron chi connectivity index (χ0n) is 7.87. The Labute approximate surface area is 83.7 Å². The zero-order chi connectivity index (χ0) is 9.84. The van der Waals surface area contributed by atoms with Crippen molar-refractivity contribution >= 4 is 17.5 Å². The molecule has 1 heterocycles. The van der Waals surface area contributed by atoms with Crippen LogP contribution in [-0.2, 0) is 4.79 Å². The highest BCUT2D eigenvalue weighted by Crippen LogP contribution is 2.17. The number of aliphatic hydroxyl groups excluding tert-OH is 1. The van der Waals surface area contributed by atoms with Crippen LogP contribution < -0.4 is 0 Å². The molecule has 1 N–H and O–H groups in total. The fourth-order valence-corrected chi connectivity index (χ4v) is 1.69. The summed E-state index contributed by atoms with van der Waals surface area (Å²) in [6, 6.07) is 0. The number of rotatable bonds is 3. The third kappa shape index (κ3) is 2.58. The number of likely N-dealkylation sites (tertiary alicyclic amines) is 1. The molecule has 0 bridgehead atoms. The van der Waals surface area contributed by atoms with Gasteiger partial charge in [-0.1, -0.05) is 6.92 Å². The monoisotopic (exact) mass is 205 g/mol. The van der Waals surface area contributed by atoms with Gasteiger partial charge >= 0.3 is 0 Å². The normalized spacial score (nSPS) is 24.8. The van der Waals surface area contributed by atoms with Crippen LogP contribution in [0.25, 0.3) is 0 Å². The molecule has 2 unspecified atom stereocenters. The van der Waals surface area contributed by atoms with Crippen molar-refractivity contribution in [2.75, 3.05) is 25.6 Å². The SMILES string of the molecule is CC(CCl)C(=O)N1CCC(CO)C1. The quantitative estimate of drug-likeness (QED) is 0.690. The third-order valence-corrected chi connectivity index (χ3v) is 2.97. The van der Waals surface area contributed by atoms with E-state index in [9.17, 15) is 4.79 Å². The second kappa shape index (κ2) is 4.82. The van der Waals surface area contributed by atoms with Gasteiger partial charge in [-0.05, 0) is 6.42 Å². The van der Waals surface area contributed by atoms with Gasteiger partial charge in [-0.25, -0.2) is 0 Å². The summed E-state index contributed by atoms with van der Waals surface area (Å²) in [4.78, 5) is 13.4. The van der Waals surface area contributed by atoms with Gasteiger partial charge in [0.15, 0.2) is 0 Å². The molecule has 0 aliphatic carbocycles. The lowest BCUT2D eigenvalue weighted by molar-refractivity contribution is -0.133. The molecule has 13 heavy (non-hydrogen) atoms. The number of nitrogens with zero attached hydrogens (tertiary/aromatic N) is 1. The Balaban J connectivity index is 2.41. The first-order valence-electron chi connectivity index (χ1n) is 4.64. The van der Waals surface area contributed by atoms with Crippen LogP contribution in [0.15, 0.2) is 0 Å². The van der Waals surface area contributed by atoms with Crippen molar-refractivity contribution in [2.45, 2.75) is 13.3 Å². The Hall–Kier alpha value is -0.280. The Morgan fingerprint density at radius 2 is 2.46 bits per heavy atom. The van der Waals surface area contributed by atoms with E-state index in [2.05, 4.69) is 0 Å². The van der Waals surface area contributed by atoms with Crippen molar-refractivity contribution in [3.05, 3.63) is 0 Å². The fraction of sp³-hybridized carbons (Fsp3) is 0.889.